The zero-order valence-electron chi connectivity index (χ0n) is 9.67. The molecule has 2 saturated heterocycles. The van der Waals surface area contributed by atoms with Gasteiger partial charge in [-0.15, -0.1) is 0 Å². The summed E-state index contributed by atoms with van der Waals surface area (Å²) < 4.78 is 21.8. The highest BCUT2D eigenvalue weighted by Crippen LogP contribution is 2.45. The van der Waals surface area contributed by atoms with E-state index < -0.39 is 29.9 Å². The van der Waals surface area contributed by atoms with Gasteiger partial charge in [0.1, 0.15) is 24.9 Å². The molecule has 6 nitrogen and oxygen atoms in total. The Kier molecular flexibility index (Phi) is 2.98. The zero-order valence-corrected chi connectivity index (χ0v) is 9.67. The van der Waals surface area contributed by atoms with Crippen molar-refractivity contribution in [1.82, 2.24) is 0 Å². The van der Waals surface area contributed by atoms with Gasteiger partial charge in [0.15, 0.2) is 5.79 Å². The summed E-state index contributed by atoms with van der Waals surface area (Å²) in [6.45, 7) is 3.35. The van der Waals surface area contributed by atoms with E-state index in [1.54, 1.807) is 13.8 Å². The lowest BCUT2D eigenvalue weighted by molar-refractivity contribution is -0.278. The molecule has 2 N–H and O–H groups in total. The highest BCUT2D eigenvalue weighted by atomic mass is 16.9. The number of fused-ring (bicyclic) bond motifs is 1. The van der Waals surface area contributed by atoms with E-state index in [0.29, 0.717) is 0 Å². The molecule has 2 rings (SSSR count). The maximum Gasteiger partial charge on any atom is 0.224 e. The maximum absolute atomic E-state index is 9.94. The van der Waals surface area contributed by atoms with Crippen molar-refractivity contribution < 1.29 is 29.2 Å². The Morgan fingerprint density at radius 3 is 2.56 bits per heavy atom. The molecule has 0 aromatic carbocycles. The van der Waals surface area contributed by atoms with Crippen LogP contribution in [0.5, 0.6) is 0 Å². The topological polar surface area (TPSA) is 77.4 Å². The second kappa shape index (κ2) is 3.90. The Morgan fingerprint density at radius 2 is 2.00 bits per heavy atom. The zero-order chi connectivity index (χ0) is 12.0. The van der Waals surface area contributed by atoms with Crippen LogP contribution in [0.15, 0.2) is 0 Å². The molecule has 2 aliphatic rings. The van der Waals surface area contributed by atoms with E-state index in [1.165, 1.54) is 7.11 Å². The predicted octanol–water partition coefficient (Wildman–Crippen LogP) is -0.767. The maximum atomic E-state index is 9.94. The summed E-state index contributed by atoms with van der Waals surface area (Å²) in [6, 6.07) is 0. The molecule has 2 fully saturated rings. The Balaban J connectivity index is 2.23. The monoisotopic (exact) mass is 234 g/mol. The van der Waals surface area contributed by atoms with E-state index in [0.717, 1.165) is 0 Å². The van der Waals surface area contributed by atoms with Gasteiger partial charge >= 0.3 is 0 Å². The number of hydrogen-bond donors (Lipinski definition) is 2. The molecule has 4 atom stereocenters. The van der Waals surface area contributed by atoms with Crippen LogP contribution >= 0.6 is 0 Å². The normalized spacial score (nSPS) is 45.9. The summed E-state index contributed by atoms with van der Waals surface area (Å²) in [7, 11) is 1.52. The van der Waals surface area contributed by atoms with Crippen molar-refractivity contribution in [1.29, 1.82) is 0 Å². The molecular formula is C10H18O6. The molecule has 2 aliphatic heterocycles. The highest BCUT2D eigenvalue weighted by molar-refractivity contribution is 5.02. The highest BCUT2D eigenvalue weighted by Gasteiger charge is 2.64. The van der Waals surface area contributed by atoms with Crippen molar-refractivity contribution in [3.63, 3.8) is 0 Å². The summed E-state index contributed by atoms with van der Waals surface area (Å²) in [4.78, 5) is 0. The van der Waals surface area contributed by atoms with E-state index >= 15 is 0 Å². The third kappa shape index (κ3) is 1.75. The Labute approximate surface area is 94.1 Å². The van der Waals surface area contributed by atoms with Crippen LogP contribution in [-0.4, -0.2) is 60.4 Å². The van der Waals surface area contributed by atoms with Gasteiger partial charge in [0, 0.05) is 7.11 Å². The van der Waals surface area contributed by atoms with Gasteiger partial charge in [-0.2, -0.15) is 0 Å². The Hall–Kier alpha value is -0.240. The van der Waals surface area contributed by atoms with Crippen molar-refractivity contribution in [3.8, 4) is 0 Å². The van der Waals surface area contributed by atoms with Gasteiger partial charge in [-0.1, -0.05) is 0 Å². The van der Waals surface area contributed by atoms with Crippen molar-refractivity contribution >= 4 is 0 Å². The molecular weight excluding hydrogens is 216 g/mol. The van der Waals surface area contributed by atoms with E-state index in [4.69, 9.17) is 24.1 Å². The lowest BCUT2D eigenvalue weighted by Crippen LogP contribution is -2.44. The largest absolute Gasteiger partial charge is 0.394 e. The molecule has 94 valence electrons. The van der Waals surface area contributed by atoms with E-state index in [-0.39, 0.29) is 13.2 Å². The summed E-state index contributed by atoms with van der Waals surface area (Å²) in [5, 5.41) is 19.0. The van der Waals surface area contributed by atoms with Crippen molar-refractivity contribution in [2.24, 2.45) is 0 Å². The molecule has 16 heavy (non-hydrogen) atoms. The first-order valence-electron chi connectivity index (χ1n) is 5.28. The van der Waals surface area contributed by atoms with Crippen molar-refractivity contribution in [3.05, 3.63) is 0 Å². The number of rotatable bonds is 3. The van der Waals surface area contributed by atoms with Gasteiger partial charge in [-0.25, -0.2) is 0 Å². The van der Waals surface area contributed by atoms with Crippen LogP contribution in [0.1, 0.15) is 13.8 Å². The third-order valence-electron chi connectivity index (χ3n) is 2.83. The lowest BCUT2D eigenvalue weighted by Gasteiger charge is -2.27. The number of methoxy groups -OCH3 is 1. The Morgan fingerprint density at radius 1 is 1.31 bits per heavy atom. The molecule has 0 unspecified atom stereocenters. The van der Waals surface area contributed by atoms with Crippen LogP contribution in [0.3, 0.4) is 0 Å². The first-order valence-corrected chi connectivity index (χ1v) is 5.28. The number of ether oxygens (including phenoxy) is 4. The van der Waals surface area contributed by atoms with Crippen LogP contribution in [0, 0.1) is 0 Å². The van der Waals surface area contributed by atoms with Crippen LogP contribution in [0.4, 0.5) is 0 Å². The fraction of sp³-hybridized carbons (Fsp3) is 1.00. The fourth-order valence-electron chi connectivity index (χ4n) is 2.33. The van der Waals surface area contributed by atoms with Gasteiger partial charge in [-0.3, -0.25) is 0 Å². The average molecular weight is 234 g/mol. The van der Waals surface area contributed by atoms with E-state index in [2.05, 4.69) is 0 Å². The minimum Gasteiger partial charge on any atom is -0.394 e. The SMILES string of the molecule is COC[C@@]12O[C@H](CO)[C@@H](O)[C@@H]1OC(C)(C)O2. The van der Waals surface area contributed by atoms with Crippen LogP contribution in [0.2, 0.25) is 0 Å². The summed E-state index contributed by atoms with van der Waals surface area (Å²) in [6.07, 6.45) is -2.25. The predicted molar refractivity (Wildman–Crippen MR) is 52.6 cm³/mol. The van der Waals surface area contributed by atoms with Gasteiger partial charge < -0.3 is 29.2 Å². The van der Waals surface area contributed by atoms with E-state index in [9.17, 15) is 5.11 Å². The minimum atomic E-state index is -1.12. The number of aliphatic hydroxyl groups excluding tert-OH is 2. The third-order valence-corrected chi connectivity index (χ3v) is 2.83. The van der Waals surface area contributed by atoms with Crippen molar-refractivity contribution in [2.75, 3.05) is 20.3 Å². The van der Waals surface area contributed by atoms with Gasteiger partial charge in [0.25, 0.3) is 0 Å². The molecule has 6 heteroatoms. The summed E-state index contributed by atoms with van der Waals surface area (Å²) in [5.41, 5.74) is 0. The summed E-state index contributed by atoms with van der Waals surface area (Å²) in [5.74, 6) is -1.95. The molecule has 2 heterocycles. The van der Waals surface area contributed by atoms with E-state index in [1.807, 2.05) is 0 Å². The minimum absolute atomic E-state index is 0.147. The fourth-order valence-corrected chi connectivity index (χ4v) is 2.33. The Bertz CT molecular complexity index is 268. The molecule has 0 aromatic rings. The van der Waals surface area contributed by atoms with Crippen LogP contribution in [-0.2, 0) is 18.9 Å². The molecule has 0 bridgehead atoms. The molecule has 0 radical (unpaired) electrons. The van der Waals surface area contributed by atoms with Crippen LogP contribution in [0.25, 0.3) is 0 Å². The smallest absolute Gasteiger partial charge is 0.224 e. The number of aliphatic hydroxyl groups is 2. The molecule has 0 spiro atoms. The first kappa shape index (κ1) is 12.2. The standard InChI is InChI=1S/C10H18O6/c1-9(2)15-8-7(12)6(4-11)14-10(8,16-9)5-13-3/h6-8,11-12H,4-5H2,1-3H3/t6-,7-,8+,10+/m1/s1. The second-order valence-electron chi connectivity index (χ2n) is 4.61. The van der Waals surface area contributed by atoms with Gasteiger partial charge in [-0.05, 0) is 13.8 Å². The molecule has 0 saturated carbocycles. The van der Waals surface area contributed by atoms with Crippen LogP contribution < -0.4 is 0 Å². The lowest BCUT2D eigenvalue weighted by atomic mass is 10.1. The van der Waals surface area contributed by atoms with Crippen molar-refractivity contribution in [2.45, 2.75) is 43.7 Å². The number of hydrogen-bond acceptors (Lipinski definition) is 6. The first-order chi connectivity index (χ1) is 7.44. The molecule has 0 aliphatic carbocycles. The quantitative estimate of drug-likeness (QED) is 0.668. The summed E-state index contributed by atoms with van der Waals surface area (Å²) >= 11 is 0. The van der Waals surface area contributed by atoms with Gasteiger partial charge in [0.2, 0.25) is 5.79 Å². The van der Waals surface area contributed by atoms with Gasteiger partial charge in [0.05, 0.1) is 6.61 Å². The molecule has 0 amide bonds. The average Bonchev–Trinajstić information content (AvgIpc) is 2.58. The molecule has 0 aromatic heterocycles. The second-order valence-corrected chi connectivity index (χ2v) is 4.61.